The molecule has 18 heavy (non-hydrogen) atoms. The lowest BCUT2D eigenvalue weighted by molar-refractivity contribution is -0.138. The maximum atomic E-state index is 12.2. The molecule has 92 valence electrons. The predicted octanol–water partition coefficient (Wildman–Crippen LogP) is 1.94. The zero-order valence-electron chi connectivity index (χ0n) is 10.3. The number of likely N-dealkylation sites (tertiary alicyclic amines) is 1. The van der Waals surface area contributed by atoms with E-state index in [-0.39, 0.29) is 24.2 Å². The number of hydrogen-bond acceptors (Lipinski definition) is 2. The average molecular weight is 241 g/mol. The first-order valence-corrected chi connectivity index (χ1v) is 6.03. The van der Waals surface area contributed by atoms with Crippen LogP contribution in [0.25, 0.3) is 0 Å². The summed E-state index contributed by atoms with van der Waals surface area (Å²) in [6.45, 7) is 2.15. The molecule has 0 N–H and O–H groups in total. The van der Waals surface area contributed by atoms with Crippen molar-refractivity contribution in [2.75, 3.05) is 6.54 Å². The Morgan fingerprint density at radius 1 is 1.28 bits per heavy atom. The van der Waals surface area contributed by atoms with Crippen LogP contribution in [0.15, 0.2) is 30.3 Å². The second-order valence-electron chi connectivity index (χ2n) is 4.23. The van der Waals surface area contributed by atoms with Gasteiger partial charge in [-0.1, -0.05) is 30.3 Å². The fourth-order valence-electron chi connectivity index (χ4n) is 2.16. The molecule has 3 nitrogen and oxygen atoms in total. The molecule has 1 aromatic rings. The van der Waals surface area contributed by atoms with Crippen molar-refractivity contribution < 1.29 is 9.59 Å². The van der Waals surface area contributed by atoms with Crippen molar-refractivity contribution in [3.05, 3.63) is 35.9 Å². The molecule has 0 bridgehead atoms. The Bertz CT molecular complexity index is 510. The maximum Gasteiger partial charge on any atom is 0.237 e. The Kier molecular flexibility index (Phi) is 3.78. The Labute approximate surface area is 107 Å². The largest absolute Gasteiger partial charge is 0.281 e. The van der Waals surface area contributed by atoms with E-state index in [4.69, 9.17) is 0 Å². The summed E-state index contributed by atoms with van der Waals surface area (Å²) < 4.78 is 0. The molecule has 1 aliphatic rings. The van der Waals surface area contributed by atoms with E-state index in [9.17, 15) is 9.59 Å². The smallest absolute Gasteiger partial charge is 0.237 e. The molecule has 1 fully saturated rings. The van der Waals surface area contributed by atoms with Crippen LogP contribution in [0.4, 0.5) is 0 Å². The van der Waals surface area contributed by atoms with Crippen molar-refractivity contribution in [1.29, 1.82) is 0 Å². The Hall–Kier alpha value is -2.08. The molecule has 1 aromatic carbocycles. The fraction of sp³-hybridized carbons (Fsp3) is 0.333. The molecule has 1 heterocycles. The summed E-state index contributed by atoms with van der Waals surface area (Å²) in [5.74, 6) is 5.14. The number of carbonyl (C=O) groups is 2. The highest BCUT2D eigenvalue weighted by atomic mass is 16.2. The van der Waals surface area contributed by atoms with E-state index >= 15 is 0 Å². The van der Waals surface area contributed by atoms with Crippen LogP contribution < -0.4 is 0 Å². The minimum absolute atomic E-state index is 0.0910. The second kappa shape index (κ2) is 5.50. The SMILES string of the molecule is CC#CCCN1C(=O)CC(c2ccccc2)C1=O. The molecule has 1 unspecified atom stereocenters. The van der Waals surface area contributed by atoms with E-state index in [1.54, 1.807) is 6.92 Å². The highest BCUT2D eigenvalue weighted by molar-refractivity contribution is 6.06. The third-order valence-corrected chi connectivity index (χ3v) is 3.08. The normalized spacial score (nSPS) is 18.7. The van der Waals surface area contributed by atoms with Crippen LogP contribution in [0.2, 0.25) is 0 Å². The second-order valence-corrected chi connectivity index (χ2v) is 4.23. The highest BCUT2D eigenvalue weighted by Crippen LogP contribution is 2.29. The van der Waals surface area contributed by atoms with E-state index in [1.165, 1.54) is 4.90 Å². The van der Waals surface area contributed by atoms with Crippen LogP contribution in [0, 0.1) is 11.8 Å². The number of amides is 2. The van der Waals surface area contributed by atoms with Crippen LogP contribution in [-0.4, -0.2) is 23.3 Å². The Balaban J connectivity index is 2.11. The molecular formula is C15H15NO2. The standard InChI is InChI=1S/C15H15NO2/c1-2-3-7-10-16-14(17)11-13(15(16)18)12-8-5-4-6-9-12/h4-6,8-9,13H,7,10-11H2,1H3. The molecule has 1 atom stereocenters. The molecule has 0 aromatic heterocycles. The first-order valence-electron chi connectivity index (χ1n) is 6.03. The number of hydrogen-bond donors (Lipinski definition) is 0. The quantitative estimate of drug-likeness (QED) is 0.599. The average Bonchev–Trinajstić information content (AvgIpc) is 2.68. The molecule has 0 spiro atoms. The van der Waals surface area contributed by atoms with E-state index in [2.05, 4.69) is 11.8 Å². The molecule has 0 aliphatic carbocycles. The van der Waals surface area contributed by atoms with Gasteiger partial charge >= 0.3 is 0 Å². The summed E-state index contributed by atoms with van der Waals surface area (Å²) in [5.41, 5.74) is 0.917. The Morgan fingerprint density at radius 3 is 2.67 bits per heavy atom. The summed E-state index contributed by atoms with van der Waals surface area (Å²) in [5, 5.41) is 0. The van der Waals surface area contributed by atoms with E-state index < -0.39 is 0 Å². The summed E-state index contributed by atoms with van der Waals surface area (Å²) in [7, 11) is 0. The molecule has 3 heteroatoms. The third-order valence-electron chi connectivity index (χ3n) is 3.08. The number of benzene rings is 1. The van der Waals surface area contributed by atoms with Gasteiger partial charge in [0.05, 0.1) is 5.92 Å². The van der Waals surface area contributed by atoms with Crippen molar-refractivity contribution in [3.8, 4) is 11.8 Å². The van der Waals surface area contributed by atoms with Gasteiger partial charge in [-0.25, -0.2) is 0 Å². The molecule has 0 radical (unpaired) electrons. The summed E-state index contributed by atoms with van der Waals surface area (Å²) in [6, 6.07) is 9.46. The van der Waals surface area contributed by atoms with Gasteiger partial charge in [0.1, 0.15) is 0 Å². The van der Waals surface area contributed by atoms with Crippen molar-refractivity contribution in [1.82, 2.24) is 4.90 Å². The van der Waals surface area contributed by atoms with E-state index in [1.807, 2.05) is 30.3 Å². The van der Waals surface area contributed by atoms with Gasteiger partial charge in [0.15, 0.2) is 0 Å². The first kappa shape index (κ1) is 12.4. The number of rotatable bonds is 3. The van der Waals surface area contributed by atoms with Gasteiger partial charge in [0, 0.05) is 19.4 Å². The molecule has 1 aliphatic heterocycles. The lowest BCUT2D eigenvalue weighted by Crippen LogP contribution is -2.31. The highest BCUT2D eigenvalue weighted by Gasteiger charge is 2.38. The van der Waals surface area contributed by atoms with Gasteiger partial charge in [0.25, 0.3) is 0 Å². The molecule has 1 saturated heterocycles. The maximum absolute atomic E-state index is 12.2. The van der Waals surface area contributed by atoms with Crippen LogP contribution in [0.5, 0.6) is 0 Å². The number of imide groups is 1. The van der Waals surface area contributed by atoms with Crippen molar-refractivity contribution in [2.45, 2.75) is 25.7 Å². The van der Waals surface area contributed by atoms with Gasteiger partial charge in [-0.3, -0.25) is 14.5 Å². The number of carbonyl (C=O) groups excluding carboxylic acids is 2. The first-order chi connectivity index (χ1) is 8.74. The monoisotopic (exact) mass is 241 g/mol. The minimum Gasteiger partial charge on any atom is -0.281 e. The van der Waals surface area contributed by atoms with Crippen molar-refractivity contribution in [3.63, 3.8) is 0 Å². The van der Waals surface area contributed by atoms with Gasteiger partial charge in [-0.15, -0.1) is 11.8 Å². The fourth-order valence-corrected chi connectivity index (χ4v) is 2.16. The minimum atomic E-state index is -0.312. The van der Waals surface area contributed by atoms with Crippen LogP contribution >= 0.6 is 0 Å². The zero-order chi connectivity index (χ0) is 13.0. The summed E-state index contributed by atoms with van der Waals surface area (Å²) in [6.07, 6.45) is 0.831. The van der Waals surface area contributed by atoms with Crippen molar-refractivity contribution >= 4 is 11.8 Å². The molecule has 2 rings (SSSR count). The lowest BCUT2D eigenvalue weighted by atomic mass is 9.98. The predicted molar refractivity (Wildman–Crippen MR) is 68.6 cm³/mol. The molecule has 0 saturated carbocycles. The van der Waals surface area contributed by atoms with E-state index in [0.717, 1.165) is 5.56 Å². The summed E-state index contributed by atoms with van der Waals surface area (Å²) in [4.78, 5) is 25.3. The summed E-state index contributed by atoms with van der Waals surface area (Å²) >= 11 is 0. The molecular weight excluding hydrogens is 226 g/mol. The third kappa shape index (κ3) is 2.43. The lowest BCUT2D eigenvalue weighted by Gasteiger charge is -2.13. The van der Waals surface area contributed by atoms with Gasteiger partial charge < -0.3 is 0 Å². The van der Waals surface area contributed by atoms with Crippen LogP contribution in [0.1, 0.15) is 31.2 Å². The van der Waals surface area contributed by atoms with Gasteiger partial charge in [-0.2, -0.15) is 0 Å². The van der Waals surface area contributed by atoms with E-state index in [0.29, 0.717) is 13.0 Å². The topological polar surface area (TPSA) is 37.4 Å². The van der Waals surface area contributed by atoms with Crippen LogP contribution in [0.3, 0.4) is 0 Å². The van der Waals surface area contributed by atoms with Gasteiger partial charge in [0.2, 0.25) is 11.8 Å². The van der Waals surface area contributed by atoms with Gasteiger partial charge in [-0.05, 0) is 12.5 Å². The zero-order valence-corrected chi connectivity index (χ0v) is 10.3. The Morgan fingerprint density at radius 2 is 2.00 bits per heavy atom. The van der Waals surface area contributed by atoms with Crippen molar-refractivity contribution in [2.24, 2.45) is 0 Å². The van der Waals surface area contributed by atoms with Crippen LogP contribution in [-0.2, 0) is 9.59 Å². The molecule has 2 amide bonds. The number of nitrogens with zero attached hydrogens (tertiary/aromatic N) is 1.